The number of rotatable bonds is 5. The Labute approximate surface area is 159 Å². The van der Waals surface area contributed by atoms with Gasteiger partial charge in [-0.15, -0.1) is 10.2 Å². The first-order chi connectivity index (χ1) is 12.3. The van der Waals surface area contributed by atoms with Crippen molar-refractivity contribution in [3.8, 4) is 5.69 Å². The average molecular weight is 374 g/mol. The fourth-order valence-corrected chi connectivity index (χ4v) is 3.73. The summed E-state index contributed by atoms with van der Waals surface area (Å²) >= 11 is 1.43. The molecule has 140 valence electrons. The summed E-state index contributed by atoms with van der Waals surface area (Å²) < 4.78 is 2.07. The zero-order valence-electron chi connectivity index (χ0n) is 16.0. The van der Waals surface area contributed by atoms with Crippen LogP contribution in [0, 0.1) is 6.92 Å². The SMILES string of the molecule is Cc1ccc(-n2c(SCC(=O)NC(C)(C)C)nnc2N2CCCC2)cc1. The predicted octanol–water partition coefficient (Wildman–Crippen LogP) is 3.18. The number of carbonyl (C=O) groups excluding carboxylic acids is 1. The van der Waals surface area contributed by atoms with Crippen LogP contribution in [0.25, 0.3) is 5.69 Å². The normalized spacial score (nSPS) is 14.7. The second kappa shape index (κ2) is 7.70. The predicted molar refractivity (Wildman–Crippen MR) is 106 cm³/mol. The number of aromatic nitrogens is 3. The summed E-state index contributed by atoms with van der Waals surface area (Å²) in [5.74, 6) is 1.19. The molecule has 0 bridgehead atoms. The van der Waals surface area contributed by atoms with Gasteiger partial charge in [0, 0.05) is 18.6 Å². The minimum atomic E-state index is -0.233. The van der Waals surface area contributed by atoms with Gasteiger partial charge in [0.1, 0.15) is 0 Å². The number of hydrogen-bond acceptors (Lipinski definition) is 5. The molecule has 1 N–H and O–H groups in total. The van der Waals surface area contributed by atoms with Crippen molar-refractivity contribution >= 4 is 23.6 Å². The van der Waals surface area contributed by atoms with Gasteiger partial charge in [-0.05, 0) is 52.7 Å². The van der Waals surface area contributed by atoms with Gasteiger partial charge in [0.15, 0.2) is 5.16 Å². The fourth-order valence-electron chi connectivity index (χ4n) is 2.98. The van der Waals surface area contributed by atoms with Crippen molar-refractivity contribution in [2.45, 2.75) is 51.2 Å². The molecule has 0 aliphatic carbocycles. The molecule has 1 fully saturated rings. The minimum Gasteiger partial charge on any atom is -0.351 e. The number of carbonyl (C=O) groups is 1. The highest BCUT2D eigenvalue weighted by atomic mass is 32.2. The molecule has 0 spiro atoms. The molecule has 1 aromatic carbocycles. The number of benzene rings is 1. The van der Waals surface area contributed by atoms with E-state index in [0.29, 0.717) is 5.75 Å². The zero-order valence-corrected chi connectivity index (χ0v) is 16.8. The first kappa shape index (κ1) is 18.8. The van der Waals surface area contributed by atoms with Crippen LogP contribution in [0.15, 0.2) is 29.4 Å². The molecule has 1 aliphatic heterocycles. The van der Waals surface area contributed by atoms with Gasteiger partial charge in [-0.3, -0.25) is 9.36 Å². The molecule has 2 aromatic rings. The number of thioether (sulfide) groups is 1. The third kappa shape index (κ3) is 4.58. The summed E-state index contributed by atoms with van der Waals surface area (Å²) in [7, 11) is 0. The van der Waals surface area contributed by atoms with E-state index in [-0.39, 0.29) is 11.4 Å². The summed E-state index contributed by atoms with van der Waals surface area (Å²) in [6, 6.07) is 8.34. The maximum atomic E-state index is 12.2. The van der Waals surface area contributed by atoms with Crippen molar-refractivity contribution in [1.82, 2.24) is 20.1 Å². The smallest absolute Gasteiger partial charge is 0.232 e. The first-order valence-corrected chi connectivity index (χ1v) is 10.0. The van der Waals surface area contributed by atoms with Crippen molar-refractivity contribution < 1.29 is 4.79 Å². The van der Waals surface area contributed by atoms with Gasteiger partial charge in [0.25, 0.3) is 0 Å². The van der Waals surface area contributed by atoms with Crippen LogP contribution in [0.5, 0.6) is 0 Å². The topological polar surface area (TPSA) is 63.1 Å². The molecule has 7 heteroatoms. The van der Waals surface area contributed by atoms with Crippen LogP contribution in [-0.2, 0) is 4.79 Å². The third-order valence-corrected chi connectivity index (χ3v) is 5.07. The van der Waals surface area contributed by atoms with E-state index >= 15 is 0 Å². The number of nitrogens with one attached hydrogen (secondary N) is 1. The standard InChI is InChI=1S/C19H27N5OS/c1-14-7-9-15(10-8-14)24-17(23-11-5-6-12-23)21-22-18(24)26-13-16(25)20-19(2,3)4/h7-10H,5-6,11-13H2,1-4H3,(H,20,25). The highest BCUT2D eigenvalue weighted by Gasteiger charge is 2.23. The van der Waals surface area contributed by atoms with Gasteiger partial charge >= 0.3 is 0 Å². The van der Waals surface area contributed by atoms with Crippen LogP contribution in [0.2, 0.25) is 0 Å². The highest BCUT2D eigenvalue weighted by Crippen LogP contribution is 2.28. The Bertz CT molecular complexity index is 757. The molecule has 0 radical (unpaired) electrons. The Hall–Kier alpha value is -2.02. The van der Waals surface area contributed by atoms with Crippen LogP contribution in [0.1, 0.15) is 39.2 Å². The number of anilines is 1. The van der Waals surface area contributed by atoms with E-state index in [1.54, 1.807) is 0 Å². The maximum absolute atomic E-state index is 12.2. The second-order valence-corrected chi connectivity index (χ2v) is 8.68. The number of nitrogens with zero attached hydrogens (tertiary/aromatic N) is 4. The molecule has 1 amide bonds. The molecule has 0 atom stereocenters. The largest absolute Gasteiger partial charge is 0.351 e. The molecule has 0 saturated carbocycles. The van der Waals surface area contributed by atoms with Gasteiger partial charge in [-0.2, -0.15) is 0 Å². The van der Waals surface area contributed by atoms with E-state index in [9.17, 15) is 4.79 Å². The monoisotopic (exact) mass is 373 g/mol. The van der Waals surface area contributed by atoms with E-state index in [1.807, 2.05) is 20.8 Å². The molecular formula is C19H27N5OS. The summed E-state index contributed by atoms with van der Waals surface area (Å²) in [6.45, 7) is 10.0. The lowest BCUT2D eigenvalue weighted by molar-refractivity contribution is -0.119. The van der Waals surface area contributed by atoms with Crippen LogP contribution in [0.3, 0.4) is 0 Å². The lowest BCUT2D eigenvalue weighted by atomic mass is 10.1. The van der Waals surface area contributed by atoms with Crippen molar-refractivity contribution in [3.63, 3.8) is 0 Å². The van der Waals surface area contributed by atoms with Crippen molar-refractivity contribution in [2.24, 2.45) is 0 Å². The molecule has 6 nitrogen and oxygen atoms in total. The van der Waals surface area contributed by atoms with Gasteiger partial charge in [0.2, 0.25) is 11.9 Å². The van der Waals surface area contributed by atoms with Crippen LogP contribution in [0.4, 0.5) is 5.95 Å². The molecular weight excluding hydrogens is 346 g/mol. The number of aryl methyl sites for hydroxylation is 1. The maximum Gasteiger partial charge on any atom is 0.232 e. The van der Waals surface area contributed by atoms with E-state index in [2.05, 4.69) is 56.2 Å². The average Bonchev–Trinajstić information content (AvgIpc) is 3.21. The molecule has 1 saturated heterocycles. The van der Waals surface area contributed by atoms with Crippen LogP contribution in [-0.4, -0.2) is 45.1 Å². The molecule has 0 unspecified atom stereocenters. The van der Waals surface area contributed by atoms with Crippen molar-refractivity contribution in [3.05, 3.63) is 29.8 Å². The molecule has 1 aliphatic rings. The lowest BCUT2D eigenvalue weighted by Crippen LogP contribution is -2.41. The first-order valence-electron chi connectivity index (χ1n) is 9.05. The summed E-state index contributed by atoms with van der Waals surface area (Å²) in [5.41, 5.74) is 2.01. The summed E-state index contributed by atoms with van der Waals surface area (Å²) in [4.78, 5) is 14.5. The van der Waals surface area contributed by atoms with Gasteiger partial charge in [-0.25, -0.2) is 0 Å². The number of hydrogen-bond donors (Lipinski definition) is 1. The zero-order chi connectivity index (χ0) is 18.7. The lowest BCUT2D eigenvalue weighted by Gasteiger charge is -2.20. The summed E-state index contributed by atoms with van der Waals surface area (Å²) in [6.07, 6.45) is 2.36. The van der Waals surface area contributed by atoms with Crippen LogP contribution < -0.4 is 10.2 Å². The Kier molecular flexibility index (Phi) is 5.55. The Morgan fingerprint density at radius 3 is 2.42 bits per heavy atom. The van der Waals surface area contributed by atoms with E-state index in [1.165, 1.54) is 30.2 Å². The van der Waals surface area contributed by atoms with Crippen LogP contribution >= 0.6 is 11.8 Å². The molecule has 3 rings (SSSR count). The third-order valence-electron chi connectivity index (χ3n) is 4.14. The molecule has 1 aromatic heterocycles. The van der Waals surface area contributed by atoms with E-state index < -0.39 is 0 Å². The van der Waals surface area contributed by atoms with Gasteiger partial charge in [0.05, 0.1) is 11.4 Å². The molecule has 2 heterocycles. The van der Waals surface area contributed by atoms with Crippen molar-refractivity contribution in [1.29, 1.82) is 0 Å². The minimum absolute atomic E-state index is 0.00341. The van der Waals surface area contributed by atoms with E-state index in [0.717, 1.165) is 29.9 Å². The Balaban J connectivity index is 1.85. The summed E-state index contributed by atoms with van der Waals surface area (Å²) in [5, 5.41) is 12.6. The van der Waals surface area contributed by atoms with Gasteiger partial charge in [-0.1, -0.05) is 29.5 Å². The highest BCUT2D eigenvalue weighted by molar-refractivity contribution is 7.99. The quantitative estimate of drug-likeness (QED) is 0.816. The fraction of sp³-hybridized carbons (Fsp3) is 0.526. The second-order valence-electron chi connectivity index (χ2n) is 7.73. The van der Waals surface area contributed by atoms with E-state index in [4.69, 9.17) is 0 Å². The Morgan fingerprint density at radius 2 is 1.81 bits per heavy atom. The van der Waals surface area contributed by atoms with Gasteiger partial charge < -0.3 is 10.2 Å². The molecule has 26 heavy (non-hydrogen) atoms. The van der Waals surface area contributed by atoms with Crippen molar-refractivity contribution in [2.75, 3.05) is 23.7 Å². The number of amides is 1. The Morgan fingerprint density at radius 1 is 1.15 bits per heavy atom.